The Labute approximate surface area is 210 Å². The minimum atomic E-state index is -3.96. The summed E-state index contributed by atoms with van der Waals surface area (Å²) in [6, 6.07) is -1.07. The molecule has 0 saturated carbocycles. The highest BCUT2D eigenvalue weighted by Crippen LogP contribution is 2.41. The number of aryl methyl sites for hydroxylation is 1. The third-order valence-corrected chi connectivity index (χ3v) is 9.84. The van der Waals surface area contributed by atoms with Gasteiger partial charge in [0.1, 0.15) is 34.9 Å². The third-order valence-electron chi connectivity index (χ3n) is 4.84. The first-order valence-electron chi connectivity index (χ1n) is 9.59. The number of carbonyl (C=O) groups is 3. The van der Waals surface area contributed by atoms with Crippen LogP contribution in [0.2, 0.25) is 0 Å². The van der Waals surface area contributed by atoms with Gasteiger partial charge >= 0.3 is 5.97 Å². The smallest absolute Gasteiger partial charge is 0.352 e. The Morgan fingerprint density at radius 1 is 1.40 bits per heavy atom. The molecule has 35 heavy (non-hydrogen) atoms. The lowest BCUT2D eigenvalue weighted by molar-refractivity contribution is -0.150. The number of thiazole rings is 1. The first-order chi connectivity index (χ1) is 16.5. The summed E-state index contributed by atoms with van der Waals surface area (Å²) in [5.74, 6) is -3.53. The molecular weight excluding hydrogens is 542 g/mol. The zero-order valence-electron chi connectivity index (χ0n) is 18.0. The summed E-state index contributed by atoms with van der Waals surface area (Å²) in [7, 11) is -2.73. The number of carboxylic acid groups (broad SMARTS) is 1. The van der Waals surface area contributed by atoms with E-state index in [1.807, 2.05) is 0 Å². The number of amides is 2. The standard InChI is InChI=1S/C17H17N7O7S4/c1-6-21-22-17(34-6)35(29,30)5-7-3-32-14-10(13(26)24(14)11(7)15(27)28)20-12(25)9(23-31-2)8-4-33-16(18)19-8/h4,10,14H,3,5H2,1-2H3,(H2,18,19)(H,20,25)(H,27,28)/b23-9-/t10-,14-/m1/s1. The number of β-lactam (4-membered cyclic amide) rings is 1. The number of nitrogens with one attached hydrogen (secondary N) is 1. The second-order valence-electron chi connectivity index (χ2n) is 7.16. The van der Waals surface area contributed by atoms with Crippen molar-refractivity contribution in [3.8, 4) is 0 Å². The first kappa shape index (κ1) is 25.0. The van der Waals surface area contributed by atoms with Crippen LogP contribution in [0, 0.1) is 6.92 Å². The number of sulfone groups is 1. The zero-order chi connectivity index (χ0) is 25.5. The molecular formula is C17H17N7O7S4. The Balaban J connectivity index is 1.55. The monoisotopic (exact) mass is 559 g/mol. The number of nitrogens with zero attached hydrogens (tertiary/aromatic N) is 5. The van der Waals surface area contributed by atoms with Crippen LogP contribution in [-0.4, -0.2) is 87.1 Å². The SMILES string of the molecule is CO/N=C(\C(=O)N[C@@H]1C(=O)N2C(C(=O)O)=C(CS(=O)(=O)c3nnc(C)s3)CS[C@H]12)c1csc(N)n1. The van der Waals surface area contributed by atoms with E-state index in [-0.39, 0.29) is 32.2 Å². The zero-order valence-corrected chi connectivity index (χ0v) is 21.3. The summed E-state index contributed by atoms with van der Waals surface area (Å²) in [5.41, 5.74) is 5.17. The summed E-state index contributed by atoms with van der Waals surface area (Å²) < 4.78 is 25.2. The fourth-order valence-electron chi connectivity index (χ4n) is 3.39. The highest BCUT2D eigenvalue weighted by molar-refractivity contribution is 8.00. The molecule has 4 rings (SSSR count). The Kier molecular flexibility index (Phi) is 6.80. The summed E-state index contributed by atoms with van der Waals surface area (Å²) in [6.07, 6.45) is 0. The van der Waals surface area contributed by atoms with Crippen molar-refractivity contribution < 1.29 is 32.7 Å². The van der Waals surface area contributed by atoms with Gasteiger partial charge in [0.25, 0.3) is 11.8 Å². The number of aromatic nitrogens is 3. The van der Waals surface area contributed by atoms with Crippen LogP contribution in [0.1, 0.15) is 10.7 Å². The van der Waals surface area contributed by atoms with Gasteiger partial charge in [0.05, 0.1) is 5.75 Å². The van der Waals surface area contributed by atoms with Crippen LogP contribution in [0.4, 0.5) is 5.13 Å². The van der Waals surface area contributed by atoms with Crippen molar-refractivity contribution in [1.29, 1.82) is 0 Å². The number of oxime groups is 1. The molecule has 2 aliphatic rings. The van der Waals surface area contributed by atoms with E-state index >= 15 is 0 Å². The number of nitrogen functional groups attached to an aromatic ring is 1. The first-order valence-corrected chi connectivity index (χ1v) is 14.0. The van der Waals surface area contributed by atoms with Gasteiger partial charge in [0, 0.05) is 11.1 Å². The number of nitrogens with two attached hydrogens (primary N) is 1. The van der Waals surface area contributed by atoms with E-state index < -0.39 is 50.5 Å². The number of carboxylic acids is 1. The minimum Gasteiger partial charge on any atom is -0.477 e. The molecule has 2 aromatic heterocycles. The maximum atomic E-state index is 12.9. The highest BCUT2D eigenvalue weighted by atomic mass is 32.2. The van der Waals surface area contributed by atoms with Gasteiger partial charge in [0.15, 0.2) is 10.8 Å². The molecule has 1 fully saturated rings. The molecule has 2 aliphatic heterocycles. The Hall–Kier alpha value is -3.09. The Bertz CT molecular complexity index is 1380. The van der Waals surface area contributed by atoms with Crippen LogP contribution in [0.25, 0.3) is 0 Å². The van der Waals surface area contributed by atoms with Gasteiger partial charge in [-0.25, -0.2) is 18.2 Å². The molecule has 0 bridgehead atoms. The van der Waals surface area contributed by atoms with E-state index in [2.05, 4.69) is 25.7 Å². The van der Waals surface area contributed by atoms with Gasteiger partial charge in [-0.05, 0) is 12.5 Å². The van der Waals surface area contributed by atoms with Gasteiger partial charge in [-0.3, -0.25) is 14.5 Å². The Morgan fingerprint density at radius 3 is 2.71 bits per heavy atom. The number of hydrogen-bond donors (Lipinski definition) is 3. The predicted molar refractivity (Wildman–Crippen MR) is 126 cm³/mol. The molecule has 0 radical (unpaired) electrons. The van der Waals surface area contributed by atoms with E-state index in [1.54, 1.807) is 6.92 Å². The van der Waals surface area contributed by atoms with Crippen molar-refractivity contribution in [2.24, 2.45) is 5.16 Å². The maximum Gasteiger partial charge on any atom is 0.352 e. The molecule has 2 atom stereocenters. The largest absolute Gasteiger partial charge is 0.477 e. The number of anilines is 1. The van der Waals surface area contributed by atoms with E-state index in [9.17, 15) is 27.9 Å². The summed E-state index contributed by atoms with van der Waals surface area (Å²) in [5, 5.41) is 24.7. The summed E-state index contributed by atoms with van der Waals surface area (Å²) in [4.78, 5) is 47.3. The van der Waals surface area contributed by atoms with Gasteiger partial charge in [-0.1, -0.05) is 16.5 Å². The van der Waals surface area contributed by atoms with Crippen LogP contribution in [0.15, 0.2) is 26.1 Å². The average molecular weight is 560 g/mol. The lowest BCUT2D eigenvalue weighted by Crippen LogP contribution is -2.71. The molecule has 2 amide bonds. The lowest BCUT2D eigenvalue weighted by atomic mass is 10.0. The van der Waals surface area contributed by atoms with Crippen molar-refractivity contribution in [3.63, 3.8) is 0 Å². The summed E-state index contributed by atoms with van der Waals surface area (Å²) in [6.45, 7) is 1.60. The normalized spacial score (nSPS) is 20.3. The van der Waals surface area contributed by atoms with Crippen LogP contribution in [0.5, 0.6) is 0 Å². The lowest BCUT2D eigenvalue weighted by Gasteiger charge is -2.49. The van der Waals surface area contributed by atoms with Crippen LogP contribution in [-0.2, 0) is 29.1 Å². The molecule has 4 heterocycles. The molecule has 186 valence electrons. The third kappa shape index (κ3) is 4.73. The van der Waals surface area contributed by atoms with Crippen molar-refractivity contribution in [3.05, 3.63) is 27.4 Å². The maximum absolute atomic E-state index is 12.9. The van der Waals surface area contributed by atoms with Crippen LogP contribution < -0.4 is 11.1 Å². The fourth-order valence-corrected chi connectivity index (χ4v) is 7.86. The van der Waals surface area contributed by atoms with Crippen molar-refractivity contribution in [2.75, 3.05) is 24.3 Å². The van der Waals surface area contributed by atoms with E-state index in [0.29, 0.717) is 5.01 Å². The minimum absolute atomic E-state index is 0.0150. The molecule has 2 aromatic rings. The van der Waals surface area contributed by atoms with E-state index in [4.69, 9.17) is 10.6 Å². The average Bonchev–Trinajstić information content (AvgIpc) is 3.43. The summed E-state index contributed by atoms with van der Waals surface area (Å²) >= 11 is 3.09. The van der Waals surface area contributed by atoms with Crippen LogP contribution in [0.3, 0.4) is 0 Å². The second kappa shape index (κ2) is 9.51. The van der Waals surface area contributed by atoms with Crippen LogP contribution >= 0.6 is 34.4 Å². The number of thioether (sulfide) groups is 1. The van der Waals surface area contributed by atoms with Crippen molar-refractivity contribution in [1.82, 2.24) is 25.4 Å². The van der Waals surface area contributed by atoms with Gasteiger partial charge in [-0.15, -0.1) is 33.3 Å². The van der Waals surface area contributed by atoms with Crippen molar-refractivity contribution >= 4 is 72.9 Å². The molecule has 14 nitrogen and oxygen atoms in total. The number of rotatable bonds is 8. The van der Waals surface area contributed by atoms with Crippen molar-refractivity contribution in [2.45, 2.75) is 22.7 Å². The number of hydrogen-bond acceptors (Lipinski definition) is 14. The highest BCUT2D eigenvalue weighted by Gasteiger charge is 2.54. The second-order valence-corrected chi connectivity index (χ2v) is 12.5. The molecule has 0 unspecified atom stereocenters. The number of aliphatic carboxylic acids is 1. The van der Waals surface area contributed by atoms with Gasteiger partial charge in [-0.2, -0.15) is 0 Å². The fraction of sp³-hybridized carbons (Fsp3) is 0.353. The molecule has 0 spiro atoms. The number of fused-ring (bicyclic) bond motifs is 1. The Morgan fingerprint density at radius 2 is 2.14 bits per heavy atom. The molecule has 1 saturated heterocycles. The predicted octanol–water partition coefficient (Wildman–Crippen LogP) is -0.552. The molecule has 0 aliphatic carbocycles. The van der Waals surface area contributed by atoms with E-state index in [1.165, 1.54) is 12.5 Å². The number of carbonyl (C=O) groups excluding carboxylic acids is 2. The van der Waals surface area contributed by atoms with Gasteiger partial charge in [0.2, 0.25) is 14.2 Å². The molecule has 0 aromatic carbocycles. The van der Waals surface area contributed by atoms with Gasteiger partial charge < -0.3 is 21.0 Å². The van der Waals surface area contributed by atoms with E-state index in [0.717, 1.165) is 39.3 Å². The topological polar surface area (TPSA) is 207 Å². The molecule has 18 heteroatoms. The molecule has 4 N–H and O–H groups in total. The quantitative estimate of drug-likeness (QED) is 0.211.